The largest absolute Gasteiger partial charge is 0.495 e. The second-order valence-electron chi connectivity index (χ2n) is 8.30. The zero-order valence-corrected chi connectivity index (χ0v) is 15.1. The second kappa shape index (κ2) is 5.33. The molecule has 0 atom stereocenters. The van der Waals surface area contributed by atoms with Crippen molar-refractivity contribution in [2.45, 2.75) is 64.6 Å². The molecule has 0 unspecified atom stereocenters. The Kier molecular flexibility index (Phi) is 3.59. The van der Waals surface area contributed by atoms with Crippen LogP contribution < -0.4 is 10.4 Å². The van der Waals surface area contributed by atoms with E-state index in [4.69, 9.17) is 9.31 Å². The molecule has 1 saturated heterocycles. The first-order valence-corrected chi connectivity index (χ1v) is 9.09. The SMILES string of the molecule is CC1(C)OB(c2cccc3c2CCCN3C(=O)C2CC2)OC1(C)C. The standard InChI is InChI=1S/C19H26BNO3/c1-18(2)19(3,4)24-20(23-18)15-8-5-9-16-14(15)7-6-12-21(16)17(22)13-10-11-13/h5,8-9,13H,6-7,10-12H2,1-4H3. The molecule has 3 aliphatic rings. The van der Waals surface area contributed by atoms with Crippen LogP contribution in [0.15, 0.2) is 18.2 Å². The smallest absolute Gasteiger partial charge is 0.399 e. The van der Waals surface area contributed by atoms with Crippen molar-refractivity contribution in [3.8, 4) is 0 Å². The molecule has 4 rings (SSSR count). The van der Waals surface area contributed by atoms with Gasteiger partial charge >= 0.3 is 7.12 Å². The normalized spacial score (nSPS) is 24.8. The van der Waals surface area contributed by atoms with E-state index in [1.165, 1.54) is 5.56 Å². The third-order valence-corrected chi connectivity index (χ3v) is 5.99. The van der Waals surface area contributed by atoms with E-state index in [0.29, 0.717) is 5.91 Å². The Morgan fingerprint density at radius 2 is 1.83 bits per heavy atom. The molecule has 0 radical (unpaired) electrons. The minimum Gasteiger partial charge on any atom is -0.399 e. The molecule has 128 valence electrons. The van der Waals surface area contributed by atoms with Crippen LogP contribution in [0.4, 0.5) is 5.69 Å². The van der Waals surface area contributed by atoms with E-state index in [9.17, 15) is 4.79 Å². The van der Waals surface area contributed by atoms with Crippen LogP contribution in [0.1, 0.15) is 52.5 Å². The Hall–Kier alpha value is -1.33. The lowest BCUT2D eigenvalue weighted by Gasteiger charge is -2.32. The van der Waals surface area contributed by atoms with Gasteiger partial charge in [-0.1, -0.05) is 12.1 Å². The van der Waals surface area contributed by atoms with Gasteiger partial charge in [-0.3, -0.25) is 4.79 Å². The summed E-state index contributed by atoms with van der Waals surface area (Å²) in [6.45, 7) is 9.13. The van der Waals surface area contributed by atoms with Crippen molar-refractivity contribution >= 4 is 24.2 Å². The minimum atomic E-state index is -0.360. The summed E-state index contributed by atoms with van der Waals surface area (Å²) in [6.07, 6.45) is 4.06. The van der Waals surface area contributed by atoms with Gasteiger partial charge in [-0.15, -0.1) is 0 Å². The van der Waals surface area contributed by atoms with Gasteiger partial charge in [0.05, 0.1) is 11.2 Å². The van der Waals surface area contributed by atoms with Crippen molar-refractivity contribution in [3.63, 3.8) is 0 Å². The fourth-order valence-corrected chi connectivity index (χ4v) is 3.62. The van der Waals surface area contributed by atoms with Crippen LogP contribution in [0.5, 0.6) is 0 Å². The summed E-state index contributed by atoms with van der Waals surface area (Å²) < 4.78 is 12.5. The highest BCUT2D eigenvalue weighted by Gasteiger charge is 2.52. The van der Waals surface area contributed by atoms with Crippen molar-refractivity contribution in [2.75, 3.05) is 11.4 Å². The first-order valence-electron chi connectivity index (χ1n) is 9.09. The number of amides is 1. The molecule has 24 heavy (non-hydrogen) atoms. The molecule has 1 aromatic rings. The molecule has 4 nitrogen and oxygen atoms in total. The van der Waals surface area contributed by atoms with Crippen molar-refractivity contribution in [1.82, 2.24) is 0 Å². The van der Waals surface area contributed by atoms with Gasteiger partial charge in [-0.25, -0.2) is 0 Å². The lowest BCUT2D eigenvalue weighted by Crippen LogP contribution is -2.42. The molecule has 2 aliphatic heterocycles. The monoisotopic (exact) mass is 327 g/mol. The lowest BCUT2D eigenvalue weighted by molar-refractivity contribution is -0.119. The van der Waals surface area contributed by atoms with E-state index < -0.39 is 0 Å². The molecule has 1 saturated carbocycles. The second-order valence-corrected chi connectivity index (χ2v) is 8.30. The van der Waals surface area contributed by atoms with E-state index in [2.05, 4.69) is 39.8 Å². The highest BCUT2D eigenvalue weighted by molar-refractivity contribution is 6.62. The maximum Gasteiger partial charge on any atom is 0.495 e. The van der Waals surface area contributed by atoms with Gasteiger partial charge in [0.1, 0.15) is 0 Å². The summed E-state index contributed by atoms with van der Waals surface area (Å²) in [5, 5.41) is 0. The number of hydrogen-bond acceptors (Lipinski definition) is 3. The van der Waals surface area contributed by atoms with Crippen LogP contribution in [0.3, 0.4) is 0 Å². The van der Waals surface area contributed by atoms with Crippen LogP contribution in [-0.4, -0.2) is 30.8 Å². The maximum atomic E-state index is 12.6. The van der Waals surface area contributed by atoms with E-state index in [0.717, 1.165) is 43.4 Å². The molecule has 1 aromatic carbocycles. The zero-order chi connectivity index (χ0) is 17.1. The van der Waals surface area contributed by atoms with Gasteiger partial charge in [0.25, 0.3) is 0 Å². The first-order chi connectivity index (χ1) is 11.3. The molecule has 1 amide bonds. The molecule has 0 N–H and O–H groups in total. The number of rotatable bonds is 2. The number of hydrogen-bond donors (Lipinski definition) is 0. The number of anilines is 1. The van der Waals surface area contributed by atoms with Crippen molar-refractivity contribution in [2.24, 2.45) is 5.92 Å². The molecule has 0 spiro atoms. The summed E-state index contributed by atoms with van der Waals surface area (Å²) in [5.41, 5.74) is 2.66. The van der Waals surface area contributed by atoms with Crippen LogP contribution in [-0.2, 0) is 20.5 Å². The third-order valence-electron chi connectivity index (χ3n) is 5.99. The summed E-state index contributed by atoms with van der Waals surface area (Å²) in [4.78, 5) is 14.6. The molecule has 0 aromatic heterocycles. The summed E-state index contributed by atoms with van der Waals surface area (Å²) in [5.74, 6) is 0.540. The van der Waals surface area contributed by atoms with Crippen LogP contribution in [0.25, 0.3) is 0 Å². The van der Waals surface area contributed by atoms with Gasteiger partial charge < -0.3 is 14.2 Å². The molecule has 5 heteroatoms. The Balaban J connectivity index is 1.69. The van der Waals surface area contributed by atoms with E-state index in [-0.39, 0.29) is 24.2 Å². The molecule has 2 fully saturated rings. The predicted molar refractivity (Wildman–Crippen MR) is 95.6 cm³/mol. The van der Waals surface area contributed by atoms with Gasteiger partial charge in [0.2, 0.25) is 5.91 Å². The van der Waals surface area contributed by atoms with E-state index >= 15 is 0 Å². The highest BCUT2D eigenvalue weighted by atomic mass is 16.7. The number of nitrogens with zero attached hydrogens (tertiary/aromatic N) is 1. The average molecular weight is 327 g/mol. The third kappa shape index (κ3) is 2.49. The molecular formula is C19H26BNO3. The number of carbonyl (C=O) groups excluding carboxylic acids is 1. The molecule has 1 aliphatic carbocycles. The Morgan fingerprint density at radius 3 is 2.46 bits per heavy atom. The highest BCUT2D eigenvalue weighted by Crippen LogP contribution is 2.39. The van der Waals surface area contributed by atoms with Crippen LogP contribution >= 0.6 is 0 Å². The fourth-order valence-electron chi connectivity index (χ4n) is 3.62. The molecular weight excluding hydrogens is 301 g/mol. The van der Waals surface area contributed by atoms with E-state index in [1.54, 1.807) is 0 Å². The Labute approximate surface area is 144 Å². The quantitative estimate of drug-likeness (QED) is 0.784. The molecule has 0 bridgehead atoms. The Bertz CT molecular complexity index is 665. The summed E-state index contributed by atoms with van der Waals surface area (Å²) in [6, 6.07) is 6.19. The van der Waals surface area contributed by atoms with Gasteiger partial charge in [-0.2, -0.15) is 0 Å². The average Bonchev–Trinajstić information content (AvgIpc) is 3.33. The van der Waals surface area contributed by atoms with Gasteiger partial charge in [-0.05, 0) is 70.5 Å². The topological polar surface area (TPSA) is 38.8 Å². The van der Waals surface area contributed by atoms with Crippen LogP contribution in [0, 0.1) is 5.92 Å². The van der Waals surface area contributed by atoms with E-state index in [1.807, 2.05) is 11.0 Å². The Morgan fingerprint density at radius 1 is 1.17 bits per heavy atom. The fraction of sp³-hybridized carbons (Fsp3) is 0.632. The van der Waals surface area contributed by atoms with Crippen molar-refractivity contribution in [3.05, 3.63) is 23.8 Å². The maximum absolute atomic E-state index is 12.6. The predicted octanol–water partition coefficient (Wildman–Crippen LogP) is 2.68. The van der Waals surface area contributed by atoms with Crippen molar-refractivity contribution in [1.29, 1.82) is 0 Å². The number of fused-ring (bicyclic) bond motifs is 1. The summed E-state index contributed by atoms with van der Waals surface area (Å²) in [7, 11) is -0.360. The molecule has 2 heterocycles. The number of benzene rings is 1. The lowest BCUT2D eigenvalue weighted by atomic mass is 9.73. The zero-order valence-electron chi connectivity index (χ0n) is 15.1. The number of carbonyl (C=O) groups is 1. The van der Waals surface area contributed by atoms with Crippen molar-refractivity contribution < 1.29 is 14.1 Å². The first kappa shape index (κ1) is 16.2. The van der Waals surface area contributed by atoms with Gasteiger partial charge in [0.15, 0.2) is 0 Å². The van der Waals surface area contributed by atoms with Crippen LogP contribution in [0.2, 0.25) is 0 Å². The van der Waals surface area contributed by atoms with Gasteiger partial charge in [0, 0.05) is 18.2 Å². The minimum absolute atomic E-state index is 0.247. The summed E-state index contributed by atoms with van der Waals surface area (Å²) >= 11 is 0.